The van der Waals surface area contributed by atoms with Crippen LogP contribution in [0.2, 0.25) is 0 Å². The molecule has 1 rings (SSSR count). The van der Waals surface area contributed by atoms with E-state index in [-0.39, 0.29) is 5.54 Å². The first-order valence-electron chi connectivity index (χ1n) is 7.91. The summed E-state index contributed by atoms with van der Waals surface area (Å²) in [6.45, 7) is 12.2. The largest absolute Gasteiger partial charge is 0.381 e. The second-order valence-electron chi connectivity index (χ2n) is 7.08. The second-order valence-corrected chi connectivity index (χ2v) is 7.08. The lowest BCUT2D eigenvalue weighted by atomic mass is 9.78. The number of hydrogen-bond acceptors (Lipinski definition) is 3. The number of hydrogen-bond donors (Lipinski definition) is 1. The molecule has 0 bridgehead atoms. The van der Waals surface area contributed by atoms with Crippen LogP contribution in [0.1, 0.15) is 53.4 Å². The maximum absolute atomic E-state index is 6.21. The van der Waals surface area contributed by atoms with Gasteiger partial charge in [0.1, 0.15) is 0 Å². The van der Waals surface area contributed by atoms with Crippen LogP contribution in [-0.4, -0.2) is 43.3 Å². The van der Waals surface area contributed by atoms with Crippen molar-refractivity contribution in [3.8, 4) is 0 Å². The molecule has 0 radical (unpaired) electrons. The molecule has 19 heavy (non-hydrogen) atoms. The van der Waals surface area contributed by atoms with E-state index in [4.69, 9.17) is 10.5 Å². The monoisotopic (exact) mass is 270 g/mol. The third-order valence-corrected chi connectivity index (χ3v) is 4.33. The summed E-state index contributed by atoms with van der Waals surface area (Å²) in [5, 5.41) is 0. The van der Waals surface area contributed by atoms with Gasteiger partial charge in [0, 0.05) is 32.3 Å². The van der Waals surface area contributed by atoms with Gasteiger partial charge in [-0.15, -0.1) is 0 Å². The van der Waals surface area contributed by atoms with E-state index in [1.807, 2.05) is 7.11 Å². The highest BCUT2D eigenvalue weighted by atomic mass is 16.5. The molecule has 0 aromatic heterocycles. The lowest BCUT2D eigenvalue weighted by Gasteiger charge is -2.49. The molecule has 0 heterocycles. The highest BCUT2D eigenvalue weighted by Gasteiger charge is 2.40. The van der Waals surface area contributed by atoms with Crippen LogP contribution in [0.25, 0.3) is 0 Å². The molecule has 114 valence electrons. The van der Waals surface area contributed by atoms with Crippen LogP contribution in [0.5, 0.6) is 0 Å². The fourth-order valence-electron chi connectivity index (χ4n) is 3.43. The fourth-order valence-corrected chi connectivity index (χ4v) is 3.43. The Hall–Kier alpha value is -0.120. The van der Waals surface area contributed by atoms with E-state index in [0.717, 1.165) is 26.1 Å². The number of rotatable bonds is 7. The maximum atomic E-state index is 6.21. The lowest BCUT2D eigenvalue weighted by molar-refractivity contribution is -0.0306. The van der Waals surface area contributed by atoms with Crippen molar-refractivity contribution < 1.29 is 4.74 Å². The molecular weight excluding hydrogens is 236 g/mol. The summed E-state index contributed by atoms with van der Waals surface area (Å²) in [5.74, 6) is 1.37. The van der Waals surface area contributed by atoms with Gasteiger partial charge >= 0.3 is 0 Å². The Balaban J connectivity index is 2.85. The molecule has 3 nitrogen and oxygen atoms in total. The molecule has 1 aliphatic rings. The van der Waals surface area contributed by atoms with Gasteiger partial charge in [-0.25, -0.2) is 0 Å². The summed E-state index contributed by atoms with van der Waals surface area (Å²) in [6.07, 6.45) is 5.14. The van der Waals surface area contributed by atoms with E-state index in [9.17, 15) is 0 Å². The first kappa shape index (κ1) is 16.9. The Morgan fingerprint density at radius 3 is 2.21 bits per heavy atom. The lowest BCUT2D eigenvalue weighted by Crippen LogP contribution is -2.59. The third kappa shape index (κ3) is 4.73. The predicted molar refractivity (Wildman–Crippen MR) is 82.3 cm³/mol. The van der Waals surface area contributed by atoms with Crippen molar-refractivity contribution in [2.45, 2.75) is 65.0 Å². The number of nitrogens with two attached hydrogens (primary N) is 1. The van der Waals surface area contributed by atoms with Crippen LogP contribution in [-0.2, 0) is 4.74 Å². The van der Waals surface area contributed by atoms with Gasteiger partial charge in [-0.3, -0.25) is 4.90 Å². The molecule has 0 aromatic rings. The summed E-state index contributed by atoms with van der Waals surface area (Å²) >= 11 is 0. The van der Waals surface area contributed by atoms with Crippen molar-refractivity contribution in [3.05, 3.63) is 0 Å². The molecule has 1 saturated carbocycles. The molecule has 0 saturated heterocycles. The summed E-state index contributed by atoms with van der Waals surface area (Å²) in [4.78, 5) is 2.66. The van der Waals surface area contributed by atoms with E-state index >= 15 is 0 Å². The Bertz CT molecular complexity index is 245. The molecule has 0 aliphatic heterocycles. The summed E-state index contributed by atoms with van der Waals surface area (Å²) < 4.78 is 5.63. The summed E-state index contributed by atoms with van der Waals surface area (Å²) in [7, 11) is 1.84. The Kier molecular flexibility index (Phi) is 6.78. The number of nitrogens with zero attached hydrogens (tertiary/aromatic N) is 1. The van der Waals surface area contributed by atoms with Gasteiger partial charge in [-0.2, -0.15) is 0 Å². The quantitative estimate of drug-likeness (QED) is 0.773. The molecule has 2 atom stereocenters. The summed E-state index contributed by atoms with van der Waals surface area (Å²) in [6, 6.07) is 0. The zero-order valence-electron chi connectivity index (χ0n) is 13.6. The topological polar surface area (TPSA) is 38.5 Å². The molecule has 1 fully saturated rings. The van der Waals surface area contributed by atoms with E-state index < -0.39 is 0 Å². The molecule has 2 N–H and O–H groups in total. The van der Waals surface area contributed by atoms with Crippen molar-refractivity contribution in [2.24, 2.45) is 17.6 Å². The predicted octanol–water partition coefficient (Wildman–Crippen LogP) is 2.89. The normalized spacial score (nSPS) is 28.6. The van der Waals surface area contributed by atoms with Crippen LogP contribution < -0.4 is 5.73 Å². The molecule has 1 aliphatic carbocycles. The van der Waals surface area contributed by atoms with E-state index in [0.29, 0.717) is 17.9 Å². The van der Waals surface area contributed by atoms with Crippen LogP contribution in [0.3, 0.4) is 0 Å². The highest BCUT2D eigenvalue weighted by molar-refractivity contribution is 4.97. The van der Waals surface area contributed by atoms with E-state index in [1.54, 1.807) is 0 Å². The van der Waals surface area contributed by atoms with Gasteiger partial charge in [0.25, 0.3) is 0 Å². The fraction of sp³-hybridized carbons (Fsp3) is 1.00. The smallest absolute Gasteiger partial charge is 0.0589 e. The van der Waals surface area contributed by atoms with Crippen LogP contribution >= 0.6 is 0 Å². The number of methoxy groups -OCH3 is 1. The van der Waals surface area contributed by atoms with Crippen molar-refractivity contribution in [1.29, 1.82) is 0 Å². The van der Waals surface area contributed by atoms with E-state index in [1.165, 1.54) is 19.3 Å². The van der Waals surface area contributed by atoms with Crippen LogP contribution in [0, 0.1) is 11.8 Å². The SMILES string of the molecule is COC1CCCC(CN)(N(CC(C)C)CC(C)C)C1. The van der Waals surface area contributed by atoms with Crippen molar-refractivity contribution in [3.63, 3.8) is 0 Å². The minimum absolute atomic E-state index is 0.160. The molecular formula is C16H34N2O. The average Bonchev–Trinajstić information content (AvgIpc) is 2.36. The van der Waals surface area contributed by atoms with Crippen molar-refractivity contribution in [2.75, 3.05) is 26.7 Å². The van der Waals surface area contributed by atoms with Gasteiger partial charge in [0.2, 0.25) is 0 Å². The van der Waals surface area contributed by atoms with Gasteiger partial charge in [0.15, 0.2) is 0 Å². The minimum atomic E-state index is 0.160. The Morgan fingerprint density at radius 2 is 1.79 bits per heavy atom. The van der Waals surface area contributed by atoms with Gasteiger partial charge < -0.3 is 10.5 Å². The zero-order chi connectivity index (χ0) is 14.5. The highest BCUT2D eigenvalue weighted by Crippen LogP contribution is 2.35. The van der Waals surface area contributed by atoms with Gasteiger partial charge in [-0.05, 0) is 37.5 Å². The minimum Gasteiger partial charge on any atom is -0.381 e. The van der Waals surface area contributed by atoms with Crippen molar-refractivity contribution >= 4 is 0 Å². The molecule has 0 aromatic carbocycles. The Morgan fingerprint density at radius 1 is 1.21 bits per heavy atom. The summed E-state index contributed by atoms with van der Waals surface area (Å²) in [5.41, 5.74) is 6.37. The van der Waals surface area contributed by atoms with Crippen molar-refractivity contribution in [1.82, 2.24) is 4.90 Å². The molecule has 3 heteroatoms. The van der Waals surface area contributed by atoms with E-state index in [2.05, 4.69) is 32.6 Å². The molecule has 2 unspecified atom stereocenters. The van der Waals surface area contributed by atoms with Crippen LogP contribution in [0.4, 0.5) is 0 Å². The second kappa shape index (κ2) is 7.61. The Labute approximate surface area is 119 Å². The maximum Gasteiger partial charge on any atom is 0.0589 e. The number of ether oxygens (including phenoxy) is 1. The zero-order valence-corrected chi connectivity index (χ0v) is 13.6. The van der Waals surface area contributed by atoms with Crippen LogP contribution in [0.15, 0.2) is 0 Å². The standard InChI is InChI=1S/C16H34N2O/c1-13(2)10-18(11-14(3)4)16(12-17)8-6-7-15(9-16)19-5/h13-15H,6-12,17H2,1-5H3. The third-order valence-electron chi connectivity index (χ3n) is 4.33. The van der Waals surface area contributed by atoms with Gasteiger partial charge in [-0.1, -0.05) is 27.7 Å². The average molecular weight is 270 g/mol. The van der Waals surface area contributed by atoms with Gasteiger partial charge in [0.05, 0.1) is 6.10 Å². The first-order chi connectivity index (χ1) is 8.93. The first-order valence-corrected chi connectivity index (χ1v) is 7.91. The molecule has 0 amide bonds. The molecule has 0 spiro atoms.